The highest BCUT2D eigenvalue weighted by Crippen LogP contribution is 1.88. The van der Waals surface area contributed by atoms with Crippen LogP contribution in [-0.4, -0.2) is 36.2 Å². The number of carbonyl (C=O) groups is 2. The molecule has 5 nitrogen and oxygen atoms in total. The predicted octanol–water partition coefficient (Wildman–Crippen LogP) is 0.00230. The number of ether oxygens (including phenoxy) is 1. The van der Waals surface area contributed by atoms with Gasteiger partial charge in [-0.1, -0.05) is 0 Å². The minimum atomic E-state index is -0.886. The molecule has 1 unspecified atom stereocenters. The van der Waals surface area contributed by atoms with Gasteiger partial charge in [0.15, 0.2) is 0 Å². The first-order chi connectivity index (χ1) is 6.07. The molecule has 0 aliphatic rings. The van der Waals surface area contributed by atoms with Gasteiger partial charge in [0.1, 0.15) is 6.04 Å². The van der Waals surface area contributed by atoms with Crippen molar-refractivity contribution in [2.45, 2.75) is 26.3 Å². The van der Waals surface area contributed by atoms with Crippen molar-refractivity contribution in [3.05, 3.63) is 0 Å². The van der Waals surface area contributed by atoms with Gasteiger partial charge in [0, 0.05) is 6.54 Å². The molecule has 1 atom stereocenters. The Morgan fingerprint density at radius 3 is 2.62 bits per heavy atom. The monoisotopic (exact) mass is 189 g/mol. The first kappa shape index (κ1) is 11.9. The van der Waals surface area contributed by atoms with Crippen LogP contribution in [-0.2, 0) is 14.3 Å². The van der Waals surface area contributed by atoms with E-state index in [9.17, 15) is 9.59 Å². The molecule has 0 radical (unpaired) electrons. The molecule has 0 rings (SSSR count). The van der Waals surface area contributed by atoms with Crippen LogP contribution in [0.4, 0.5) is 0 Å². The third-order valence-electron chi connectivity index (χ3n) is 1.43. The van der Waals surface area contributed by atoms with E-state index < -0.39 is 12.0 Å². The predicted molar refractivity (Wildman–Crippen MR) is 46.4 cm³/mol. The van der Waals surface area contributed by atoms with Gasteiger partial charge < -0.3 is 15.2 Å². The Balaban J connectivity index is 3.55. The van der Waals surface area contributed by atoms with Crippen molar-refractivity contribution in [1.82, 2.24) is 5.32 Å². The van der Waals surface area contributed by atoms with Crippen LogP contribution in [0, 0.1) is 0 Å². The zero-order chi connectivity index (χ0) is 10.3. The van der Waals surface area contributed by atoms with Crippen molar-refractivity contribution < 1.29 is 19.4 Å². The van der Waals surface area contributed by atoms with Gasteiger partial charge >= 0.3 is 11.9 Å². The van der Waals surface area contributed by atoms with Gasteiger partial charge in [-0.2, -0.15) is 0 Å². The SMILES string of the molecule is CCOC(=O)C(C)NCCC(=O)O. The number of hydrogen-bond donors (Lipinski definition) is 2. The lowest BCUT2D eigenvalue weighted by atomic mass is 10.3. The zero-order valence-corrected chi connectivity index (χ0v) is 7.87. The van der Waals surface area contributed by atoms with E-state index in [0.29, 0.717) is 6.61 Å². The fourth-order valence-electron chi connectivity index (χ4n) is 0.746. The van der Waals surface area contributed by atoms with Crippen molar-refractivity contribution in [2.24, 2.45) is 0 Å². The minimum absolute atomic E-state index is 0.00372. The zero-order valence-electron chi connectivity index (χ0n) is 7.87. The molecule has 0 aromatic rings. The molecule has 0 bridgehead atoms. The van der Waals surface area contributed by atoms with Gasteiger partial charge in [0.25, 0.3) is 0 Å². The fourth-order valence-corrected chi connectivity index (χ4v) is 0.746. The molecule has 0 amide bonds. The highest BCUT2D eigenvalue weighted by Gasteiger charge is 2.12. The van der Waals surface area contributed by atoms with Crippen LogP contribution in [0.15, 0.2) is 0 Å². The molecular formula is C8H15NO4. The molecule has 5 heteroatoms. The summed E-state index contributed by atoms with van der Waals surface area (Å²) in [6.45, 7) is 3.97. The largest absolute Gasteiger partial charge is 0.481 e. The third kappa shape index (κ3) is 6.10. The van der Waals surface area contributed by atoms with Crippen LogP contribution in [0.25, 0.3) is 0 Å². The van der Waals surface area contributed by atoms with Crippen molar-refractivity contribution in [1.29, 1.82) is 0 Å². The maximum Gasteiger partial charge on any atom is 0.322 e. The van der Waals surface area contributed by atoms with Gasteiger partial charge in [-0.05, 0) is 13.8 Å². The Morgan fingerprint density at radius 2 is 2.15 bits per heavy atom. The Kier molecular flexibility index (Phi) is 5.88. The lowest BCUT2D eigenvalue weighted by Crippen LogP contribution is -2.36. The highest BCUT2D eigenvalue weighted by atomic mass is 16.5. The molecule has 0 aromatic carbocycles. The fraction of sp³-hybridized carbons (Fsp3) is 0.750. The maximum atomic E-state index is 11.0. The summed E-state index contributed by atoms with van der Waals surface area (Å²) in [6.07, 6.45) is 0.00372. The molecule has 0 aliphatic carbocycles. The van der Waals surface area contributed by atoms with Crippen LogP contribution < -0.4 is 5.32 Å². The third-order valence-corrected chi connectivity index (χ3v) is 1.43. The molecule has 0 saturated heterocycles. The Labute approximate surface area is 77.1 Å². The number of rotatable bonds is 6. The van der Waals surface area contributed by atoms with Gasteiger partial charge in [-0.25, -0.2) is 0 Å². The van der Waals surface area contributed by atoms with Crippen LogP contribution in [0.1, 0.15) is 20.3 Å². The topological polar surface area (TPSA) is 75.6 Å². The summed E-state index contributed by atoms with van der Waals surface area (Å²) in [7, 11) is 0. The van der Waals surface area contributed by atoms with E-state index in [1.165, 1.54) is 0 Å². The van der Waals surface area contributed by atoms with Gasteiger partial charge in [0.05, 0.1) is 13.0 Å². The lowest BCUT2D eigenvalue weighted by Gasteiger charge is -2.10. The van der Waals surface area contributed by atoms with E-state index in [4.69, 9.17) is 9.84 Å². The molecule has 0 fully saturated rings. The smallest absolute Gasteiger partial charge is 0.322 e. The van der Waals surface area contributed by atoms with Crippen molar-refractivity contribution in [3.63, 3.8) is 0 Å². The first-order valence-electron chi connectivity index (χ1n) is 4.19. The van der Waals surface area contributed by atoms with Crippen LogP contribution >= 0.6 is 0 Å². The quantitative estimate of drug-likeness (QED) is 0.575. The number of nitrogens with one attached hydrogen (secondary N) is 1. The van der Waals surface area contributed by atoms with E-state index in [1.54, 1.807) is 13.8 Å². The summed E-state index contributed by atoms with van der Waals surface area (Å²) >= 11 is 0. The van der Waals surface area contributed by atoms with Crippen molar-refractivity contribution in [3.8, 4) is 0 Å². The number of esters is 1. The number of carboxylic acids is 1. The standard InChI is InChI=1S/C8H15NO4/c1-3-13-8(12)6(2)9-5-4-7(10)11/h6,9H,3-5H2,1-2H3,(H,10,11). The van der Waals surface area contributed by atoms with Crippen LogP contribution in [0.2, 0.25) is 0 Å². The minimum Gasteiger partial charge on any atom is -0.481 e. The summed E-state index contributed by atoms with van der Waals surface area (Å²) in [5, 5.41) is 11.1. The second-order valence-corrected chi connectivity index (χ2v) is 2.57. The molecular weight excluding hydrogens is 174 g/mol. The summed E-state index contributed by atoms with van der Waals surface area (Å²) in [6, 6.07) is -0.445. The average molecular weight is 189 g/mol. The van der Waals surface area contributed by atoms with Crippen LogP contribution in [0.5, 0.6) is 0 Å². The second kappa shape index (κ2) is 6.42. The van der Waals surface area contributed by atoms with Crippen LogP contribution in [0.3, 0.4) is 0 Å². The normalized spacial score (nSPS) is 12.2. The molecule has 76 valence electrons. The number of carbonyl (C=O) groups excluding carboxylic acids is 1. The van der Waals surface area contributed by atoms with Gasteiger partial charge in [-0.3, -0.25) is 9.59 Å². The summed E-state index contributed by atoms with van der Waals surface area (Å²) in [5.74, 6) is -1.24. The number of carboxylic acid groups (broad SMARTS) is 1. The van der Waals surface area contributed by atoms with E-state index in [-0.39, 0.29) is 18.9 Å². The van der Waals surface area contributed by atoms with E-state index in [1.807, 2.05) is 0 Å². The summed E-state index contributed by atoms with van der Waals surface area (Å²) < 4.78 is 4.71. The summed E-state index contributed by atoms with van der Waals surface area (Å²) in [4.78, 5) is 21.1. The van der Waals surface area contributed by atoms with Crippen molar-refractivity contribution in [2.75, 3.05) is 13.2 Å². The van der Waals surface area contributed by atoms with E-state index in [0.717, 1.165) is 0 Å². The first-order valence-corrected chi connectivity index (χ1v) is 4.19. The molecule has 0 spiro atoms. The molecule has 0 saturated carbocycles. The Morgan fingerprint density at radius 1 is 1.54 bits per heavy atom. The van der Waals surface area contributed by atoms with Crippen molar-refractivity contribution >= 4 is 11.9 Å². The molecule has 2 N–H and O–H groups in total. The van der Waals surface area contributed by atoms with Gasteiger partial charge in [0.2, 0.25) is 0 Å². The lowest BCUT2D eigenvalue weighted by molar-refractivity contribution is -0.145. The number of aliphatic carboxylic acids is 1. The van der Waals surface area contributed by atoms with E-state index >= 15 is 0 Å². The number of hydrogen-bond acceptors (Lipinski definition) is 4. The molecule has 13 heavy (non-hydrogen) atoms. The molecule has 0 aromatic heterocycles. The molecule has 0 aliphatic heterocycles. The second-order valence-electron chi connectivity index (χ2n) is 2.57. The average Bonchev–Trinajstić information content (AvgIpc) is 2.04. The Hall–Kier alpha value is -1.10. The maximum absolute atomic E-state index is 11.0. The summed E-state index contributed by atoms with van der Waals surface area (Å²) in [5.41, 5.74) is 0. The highest BCUT2D eigenvalue weighted by molar-refractivity contribution is 5.75. The van der Waals surface area contributed by atoms with E-state index in [2.05, 4.69) is 5.32 Å². The molecule has 0 heterocycles. The Bertz CT molecular complexity index is 181. The van der Waals surface area contributed by atoms with Gasteiger partial charge in [-0.15, -0.1) is 0 Å².